The summed E-state index contributed by atoms with van der Waals surface area (Å²) in [5, 5.41) is 7.42. The molecule has 1 N–H and O–H groups in total. The fourth-order valence-electron chi connectivity index (χ4n) is 4.14. The summed E-state index contributed by atoms with van der Waals surface area (Å²) < 4.78 is 1.84. The number of nitrogens with one attached hydrogen (secondary N) is 1. The Bertz CT molecular complexity index is 482. The smallest absolute Gasteiger partial charge is 0.222 e. The lowest BCUT2D eigenvalue weighted by Crippen LogP contribution is -2.40. The van der Waals surface area contributed by atoms with Crippen molar-refractivity contribution in [2.24, 2.45) is 17.8 Å². The van der Waals surface area contributed by atoms with E-state index >= 15 is 0 Å². The molecule has 2 aliphatic rings. The number of nitrogens with zero attached hydrogens (tertiary/aromatic N) is 2. The normalized spacial score (nSPS) is 29.6. The summed E-state index contributed by atoms with van der Waals surface area (Å²) in [6.07, 6.45) is 9.85. The maximum atomic E-state index is 12.0. The molecule has 20 heavy (non-hydrogen) atoms. The molecular weight excluding hydrogens is 250 g/mol. The van der Waals surface area contributed by atoms with Crippen LogP contribution in [0.25, 0.3) is 0 Å². The van der Waals surface area contributed by atoms with Crippen molar-refractivity contribution in [1.29, 1.82) is 0 Å². The molecule has 0 radical (unpaired) electrons. The van der Waals surface area contributed by atoms with Crippen LogP contribution in [-0.2, 0) is 11.3 Å². The first-order valence-corrected chi connectivity index (χ1v) is 7.90. The Morgan fingerprint density at radius 1 is 1.50 bits per heavy atom. The molecule has 1 aromatic rings. The fourth-order valence-corrected chi connectivity index (χ4v) is 4.14. The molecule has 1 amide bonds. The summed E-state index contributed by atoms with van der Waals surface area (Å²) >= 11 is 0. The zero-order valence-electron chi connectivity index (χ0n) is 12.5. The molecule has 2 aliphatic carbocycles. The van der Waals surface area contributed by atoms with Crippen LogP contribution < -0.4 is 5.32 Å². The van der Waals surface area contributed by atoms with Crippen molar-refractivity contribution in [1.82, 2.24) is 15.1 Å². The molecule has 1 heterocycles. The Morgan fingerprint density at radius 3 is 2.95 bits per heavy atom. The molecule has 4 nitrogen and oxygen atoms in total. The lowest BCUT2D eigenvalue weighted by atomic mass is 9.84. The Balaban J connectivity index is 1.44. The van der Waals surface area contributed by atoms with E-state index in [4.69, 9.17) is 0 Å². The van der Waals surface area contributed by atoms with Crippen molar-refractivity contribution in [3.63, 3.8) is 0 Å². The number of hydrogen-bond acceptors (Lipinski definition) is 2. The average molecular weight is 275 g/mol. The molecule has 1 aromatic heterocycles. The van der Waals surface area contributed by atoms with E-state index in [0.29, 0.717) is 24.9 Å². The summed E-state index contributed by atoms with van der Waals surface area (Å²) in [5.74, 6) is 2.68. The predicted molar refractivity (Wildman–Crippen MR) is 78.1 cm³/mol. The van der Waals surface area contributed by atoms with E-state index in [1.54, 1.807) is 0 Å². The third-order valence-corrected chi connectivity index (χ3v) is 5.15. The minimum absolute atomic E-state index is 0.161. The highest BCUT2D eigenvalue weighted by atomic mass is 16.1. The van der Waals surface area contributed by atoms with Crippen LogP contribution in [0.3, 0.4) is 0 Å². The minimum Gasteiger partial charge on any atom is -0.353 e. The average Bonchev–Trinajstić information content (AvgIpc) is 3.12. The molecule has 3 rings (SSSR count). The first-order chi connectivity index (χ1) is 9.61. The van der Waals surface area contributed by atoms with Crippen molar-refractivity contribution in [2.45, 2.75) is 58.5 Å². The largest absolute Gasteiger partial charge is 0.353 e. The van der Waals surface area contributed by atoms with Gasteiger partial charge in [0.2, 0.25) is 5.91 Å². The second-order valence-electron chi connectivity index (χ2n) is 6.73. The van der Waals surface area contributed by atoms with E-state index < -0.39 is 0 Å². The van der Waals surface area contributed by atoms with Crippen LogP contribution in [-0.4, -0.2) is 21.7 Å². The Hall–Kier alpha value is -1.32. The van der Waals surface area contributed by atoms with E-state index in [1.807, 2.05) is 24.0 Å². The topological polar surface area (TPSA) is 46.9 Å². The van der Waals surface area contributed by atoms with Crippen molar-refractivity contribution >= 4 is 5.91 Å². The third-order valence-electron chi connectivity index (χ3n) is 5.15. The first kappa shape index (κ1) is 13.7. The summed E-state index contributed by atoms with van der Waals surface area (Å²) in [4.78, 5) is 12.0. The van der Waals surface area contributed by atoms with Gasteiger partial charge in [0.1, 0.15) is 0 Å². The van der Waals surface area contributed by atoms with Gasteiger partial charge in [-0.15, -0.1) is 0 Å². The summed E-state index contributed by atoms with van der Waals surface area (Å²) in [6, 6.07) is 0.331. The molecule has 110 valence electrons. The molecule has 4 unspecified atom stereocenters. The van der Waals surface area contributed by atoms with E-state index in [1.165, 1.54) is 25.7 Å². The monoisotopic (exact) mass is 275 g/mol. The molecule has 0 saturated heterocycles. The second kappa shape index (κ2) is 5.58. The van der Waals surface area contributed by atoms with Gasteiger partial charge in [-0.1, -0.05) is 6.42 Å². The van der Waals surface area contributed by atoms with E-state index in [-0.39, 0.29) is 5.91 Å². The van der Waals surface area contributed by atoms with Gasteiger partial charge in [-0.05, 0) is 56.4 Å². The van der Waals surface area contributed by atoms with Crippen LogP contribution in [0.2, 0.25) is 0 Å². The minimum atomic E-state index is 0.161. The van der Waals surface area contributed by atoms with Crippen LogP contribution >= 0.6 is 0 Å². The van der Waals surface area contributed by atoms with E-state index in [2.05, 4.69) is 17.3 Å². The highest BCUT2D eigenvalue weighted by molar-refractivity contribution is 5.76. The van der Waals surface area contributed by atoms with Crippen LogP contribution in [0.1, 0.15) is 44.6 Å². The standard InChI is InChI=1S/C16H25N3O/c1-11-9-17-19(10-11)6-5-16(20)18-12(2)15-8-13-3-4-14(15)7-13/h9-10,12-15H,3-8H2,1-2H3,(H,18,20). The number of aryl methyl sites for hydroxylation is 2. The Morgan fingerprint density at radius 2 is 2.35 bits per heavy atom. The zero-order chi connectivity index (χ0) is 14.1. The van der Waals surface area contributed by atoms with Gasteiger partial charge in [-0.25, -0.2) is 0 Å². The second-order valence-corrected chi connectivity index (χ2v) is 6.73. The first-order valence-electron chi connectivity index (χ1n) is 7.90. The van der Waals surface area contributed by atoms with Crippen LogP contribution in [0, 0.1) is 24.7 Å². The summed E-state index contributed by atoms with van der Waals surface area (Å²) in [5.41, 5.74) is 1.14. The number of hydrogen-bond donors (Lipinski definition) is 1. The number of aromatic nitrogens is 2. The van der Waals surface area contributed by atoms with Gasteiger partial charge in [0.25, 0.3) is 0 Å². The number of rotatable bonds is 5. The SMILES string of the molecule is Cc1cnn(CCC(=O)NC(C)C2CC3CCC2C3)c1. The predicted octanol–water partition coefficient (Wildman–Crippen LogP) is 2.52. The Labute approximate surface area is 120 Å². The van der Waals surface area contributed by atoms with Crippen molar-refractivity contribution < 1.29 is 4.79 Å². The maximum Gasteiger partial charge on any atom is 0.222 e. The number of carbonyl (C=O) groups is 1. The fraction of sp³-hybridized carbons (Fsp3) is 0.750. The van der Waals surface area contributed by atoms with Gasteiger partial charge in [0.05, 0.1) is 6.20 Å². The van der Waals surface area contributed by atoms with Gasteiger partial charge in [-0.3, -0.25) is 9.48 Å². The summed E-state index contributed by atoms with van der Waals surface area (Å²) in [6.45, 7) is 4.87. The molecule has 2 bridgehead atoms. The number of amides is 1. The van der Waals surface area contributed by atoms with Crippen molar-refractivity contribution in [2.75, 3.05) is 0 Å². The van der Waals surface area contributed by atoms with Crippen molar-refractivity contribution in [3.8, 4) is 0 Å². The van der Waals surface area contributed by atoms with Gasteiger partial charge < -0.3 is 5.32 Å². The van der Waals surface area contributed by atoms with Crippen molar-refractivity contribution in [3.05, 3.63) is 18.0 Å². The van der Waals surface area contributed by atoms with Crippen LogP contribution in [0.15, 0.2) is 12.4 Å². The lowest BCUT2D eigenvalue weighted by Gasteiger charge is -2.28. The van der Waals surface area contributed by atoms with Gasteiger partial charge in [0.15, 0.2) is 0 Å². The van der Waals surface area contributed by atoms with E-state index in [9.17, 15) is 4.79 Å². The third kappa shape index (κ3) is 2.89. The van der Waals surface area contributed by atoms with Gasteiger partial charge in [0, 0.05) is 25.2 Å². The molecule has 2 fully saturated rings. The van der Waals surface area contributed by atoms with Gasteiger partial charge in [-0.2, -0.15) is 5.10 Å². The molecule has 0 spiro atoms. The van der Waals surface area contributed by atoms with Gasteiger partial charge >= 0.3 is 0 Å². The van der Waals surface area contributed by atoms with E-state index in [0.717, 1.165) is 17.4 Å². The van der Waals surface area contributed by atoms with Crippen LogP contribution in [0.4, 0.5) is 0 Å². The molecule has 2 saturated carbocycles. The highest BCUT2D eigenvalue weighted by Gasteiger charge is 2.41. The summed E-state index contributed by atoms with van der Waals surface area (Å²) in [7, 11) is 0. The lowest BCUT2D eigenvalue weighted by molar-refractivity contribution is -0.122. The number of fused-ring (bicyclic) bond motifs is 2. The highest BCUT2D eigenvalue weighted by Crippen LogP contribution is 2.49. The molecule has 0 aliphatic heterocycles. The molecular formula is C16H25N3O. The number of carbonyl (C=O) groups excluding carboxylic acids is 1. The maximum absolute atomic E-state index is 12.0. The van der Waals surface area contributed by atoms with Crippen LogP contribution in [0.5, 0.6) is 0 Å². The quantitative estimate of drug-likeness (QED) is 0.897. The molecule has 4 atom stereocenters. The molecule has 0 aromatic carbocycles. The Kier molecular flexibility index (Phi) is 3.81. The zero-order valence-corrected chi connectivity index (χ0v) is 12.5. The molecule has 4 heteroatoms.